The number of fused-ring (bicyclic) bond motifs is 1. The molecule has 1 aliphatic rings. The minimum Gasteiger partial charge on any atom is -0.463 e. The lowest BCUT2D eigenvalue weighted by Gasteiger charge is -2.36. The van der Waals surface area contributed by atoms with E-state index in [0.29, 0.717) is 50.5 Å². The van der Waals surface area contributed by atoms with Gasteiger partial charge in [0.2, 0.25) is 0 Å². The van der Waals surface area contributed by atoms with Crippen LogP contribution in [0.3, 0.4) is 0 Å². The minimum absolute atomic E-state index is 0.0767. The van der Waals surface area contributed by atoms with E-state index in [1.165, 1.54) is 16.9 Å². The Kier molecular flexibility index (Phi) is 8.35. The van der Waals surface area contributed by atoms with Crippen molar-refractivity contribution in [3.05, 3.63) is 10.9 Å². The van der Waals surface area contributed by atoms with Crippen LogP contribution >= 0.6 is 23.4 Å². The van der Waals surface area contributed by atoms with E-state index in [-0.39, 0.29) is 4.75 Å². The number of anilines is 1. The zero-order chi connectivity index (χ0) is 23.3. The lowest BCUT2D eigenvalue weighted by molar-refractivity contribution is 0.251. The van der Waals surface area contributed by atoms with Gasteiger partial charge in [-0.05, 0) is 52.2 Å². The highest BCUT2D eigenvalue weighted by Crippen LogP contribution is 2.34. The van der Waals surface area contributed by atoms with Gasteiger partial charge in [0.15, 0.2) is 0 Å². The van der Waals surface area contributed by atoms with Crippen molar-refractivity contribution in [2.45, 2.75) is 58.6 Å². The first-order chi connectivity index (χ1) is 15.2. The van der Waals surface area contributed by atoms with E-state index >= 15 is 0 Å². The number of aromatic nitrogens is 2. The van der Waals surface area contributed by atoms with Gasteiger partial charge < -0.3 is 18.7 Å². The molecule has 1 fully saturated rings. The highest BCUT2D eigenvalue weighted by atomic mass is 32.2. The molecule has 0 spiro atoms. The van der Waals surface area contributed by atoms with Crippen molar-refractivity contribution < 1.29 is 8.92 Å². The molecule has 0 atom stereocenters. The van der Waals surface area contributed by atoms with Gasteiger partial charge in [0, 0.05) is 29.1 Å². The maximum Gasteiger partial charge on any atom is 0.319 e. The number of nitrogens with zero attached hydrogens (tertiary/aromatic N) is 4. The Hall–Kier alpha value is -1.91. The molecule has 8 nitrogen and oxygen atoms in total. The van der Waals surface area contributed by atoms with Crippen LogP contribution in [-0.4, -0.2) is 64.1 Å². The van der Waals surface area contributed by atoms with Gasteiger partial charge in [0.1, 0.15) is 16.5 Å². The fourth-order valence-corrected chi connectivity index (χ4v) is 5.03. The van der Waals surface area contributed by atoms with E-state index in [4.69, 9.17) is 24.7 Å². The Labute approximate surface area is 198 Å². The van der Waals surface area contributed by atoms with Crippen molar-refractivity contribution in [2.24, 2.45) is 0 Å². The molecule has 176 valence electrons. The molecule has 0 amide bonds. The van der Waals surface area contributed by atoms with Crippen molar-refractivity contribution in [1.29, 1.82) is 10.8 Å². The van der Waals surface area contributed by atoms with Gasteiger partial charge in [-0.25, -0.2) is 0 Å². The van der Waals surface area contributed by atoms with Gasteiger partial charge in [-0.1, -0.05) is 13.3 Å². The van der Waals surface area contributed by atoms with Crippen molar-refractivity contribution >= 4 is 51.1 Å². The van der Waals surface area contributed by atoms with E-state index < -0.39 is 0 Å². The first-order valence-electron chi connectivity index (χ1n) is 11.1. The van der Waals surface area contributed by atoms with E-state index in [2.05, 4.69) is 43.6 Å². The predicted molar refractivity (Wildman–Crippen MR) is 135 cm³/mol. The van der Waals surface area contributed by atoms with Gasteiger partial charge >= 0.3 is 6.01 Å². The molecule has 2 aromatic rings. The molecule has 0 saturated carbocycles. The first kappa shape index (κ1) is 24.7. The van der Waals surface area contributed by atoms with Crippen molar-refractivity contribution in [1.82, 2.24) is 14.9 Å². The average Bonchev–Trinajstić information content (AvgIpc) is 3.11. The number of amidine groups is 2. The maximum absolute atomic E-state index is 8.36. The third kappa shape index (κ3) is 6.55. The Morgan fingerprint density at radius 2 is 2.03 bits per heavy atom. The fraction of sp³-hybridized carbons (Fsp3) is 0.636. The number of piperazine rings is 1. The lowest BCUT2D eigenvalue weighted by Crippen LogP contribution is -2.51. The summed E-state index contributed by atoms with van der Waals surface area (Å²) in [6.45, 7) is 13.1. The third-order valence-electron chi connectivity index (χ3n) is 4.78. The quantitative estimate of drug-likeness (QED) is 0.227. The zero-order valence-electron chi connectivity index (χ0n) is 19.7. The summed E-state index contributed by atoms with van der Waals surface area (Å²) in [7, 11) is 0. The molecule has 0 bridgehead atoms. The van der Waals surface area contributed by atoms with Crippen LogP contribution in [0.2, 0.25) is 0 Å². The maximum atomic E-state index is 8.36. The predicted octanol–water partition coefficient (Wildman–Crippen LogP) is 4.97. The largest absolute Gasteiger partial charge is 0.463 e. The smallest absolute Gasteiger partial charge is 0.319 e. The zero-order valence-corrected chi connectivity index (χ0v) is 21.3. The van der Waals surface area contributed by atoms with Gasteiger partial charge in [-0.3, -0.25) is 10.8 Å². The van der Waals surface area contributed by atoms with Gasteiger partial charge in [0.25, 0.3) is 0 Å². The molecule has 3 rings (SSSR count). The Bertz CT molecular complexity index is 956. The number of hydrogen-bond acceptors (Lipinski definition) is 9. The van der Waals surface area contributed by atoms with E-state index in [1.54, 1.807) is 23.2 Å². The Morgan fingerprint density at radius 3 is 2.69 bits per heavy atom. The molecule has 0 aliphatic carbocycles. The number of ether oxygens (including phenoxy) is 1. The lowest BCUT2D eigenvalue weighted by atomic mass is 10.2. The molecule has 0 unspecified atom stereocenters. The second-order valence-electron chi connectivity index (χ2n) is 8.84. The Morgan fingerprint density at radius 1 is 1.25 bits per heavy atom. The minimum atomic E-state index is 0.0767. The van der Waals surface area contributed by atoms with E-state index in [1.807, 2.05) is 0 Å². The summed E-state index contributed by atoms with van der Waals surface area (Å²) in [5.41, 5.74) is 0. The average molecular weight is 479 g/mol. The number of hydrogen-bond donors (Lipinski definition) is 2. The van der Waals surface area contributed by atoms with Crippen LogP contribution in [0.15, 0.2) is 6.07 Å². The topological polar surface area (TPSA) is 98.4 Å². The van der Waals surface area contributed by atoms with Gasteiger partial charge in [-0.15, -0.1) is 11.3 Å². The molecule has 0 aromatic carbocycles. The molecule has 2 aromatic heterocycles. The molecular weight excluding hydrogens is 444 g/mol. The number of aryl methyl sites for hydroxylation is 1. The van der Waals surface area contributed by atoms with Crippen LogP contribution in [0.5, 0.6) is 6.01 Å². The second-order valence-corrected chi connectivity index (χ2v) is 11.6. The summed E-state index contributed by atoms with van der Waals surface area (Å²) in [5.74, 6) is 1.63. The van der Waals surface area contributed by atoms with Crippen molar-refractivity contribution in [2.75, 3.05) is 37.7 Å². The normalized spacial score (nSPS) is 15.0. The van der Waals surface area contributed by atoms with Crippen LogP contribution in [0.25, 0.3) is 10.2 Å². The highest BCUT2D eigenvalue weighted by molar-refractivity contribution is 7.96. The number of rotatable bonds is 9. The number of thiophene rings is 1. The first-order valence-corrected chi connectivity index (χ1v) is 12.6. The molecule has 32 heavy (non-hydrogen) atoms. The number of nitrogens with one attached hydrogen (secondary N) is 2. The SMILES string of the molecule is CCCc1cc2c(N3CCN(C(C)=N)C(=N)C3)nc(OCCCOSC(C)(C)C)nc2s1. The molecular formula is C22H34N6O2S2. The summed E-state index contributed by atoms with van der Waals surface area (Å²) in [6, 6.07) is 2.55. The molecule has 0 radical (unpaired) electrons. The van der Waals surface area contributed by atoms with Crippen molar-refractivity contribution in [3.8, 4) is 6.01 Å². The molecule has 10 heteroatoms. The van der Waals surface area contributed by atoms with Gasteiger partial charge in [-0.2, -0.15) is 9.97 Å². The summed E-state index contributed by atoms with van der Waals surface area (Å²) in [4.78, 5) is 15.5. The fourth-order valence-electron chi connectivity index (χ4n) is 3.36. The van der Waals surface area contributed by atoms with E-state index in [0.717, 1.165) is 35.3 Å². The summed E-state index contributed by atoms with van der Waals surface area (Å²) < 4.78 is 11.6. The Balaban J connectivity index is 1.74. The highest BCUT2D eigenvalue weighted by Gasteiger charge is 2.26. The monoisotopic (exact) mass is 478 g/mol. The van der Waals surface area contributed by atoms with Crippen LogP contribution in [0, 0.1) is 10.8 Å². The standard InChI is InChI=1S/C22H34N6O2S2/c1-6-8-16-13-17-19(27-9-10-28(15(2)23)18(24)14-27)25-21(26-20(17)31-16)29-11-7-12-30-32-22(3,4)5/h13,23-24H,6-12,14H2,1-5H3. The summed E-state index contributed by atoms with van der Waals surface area (Å²) in [5, 5.41) is 17.3. The summed E-state index contributed by atoms with van der Waals surface area (Å²) in [6.07, 6.45) is 2.84. The van der Waals surface area contributed by atoms with Crippen LogP contribution in [0.4, 0.5) is 5.82 Å². The van der Waals surface area contributed by atoms with Gasteiger partial charge in [0.05, 0.1) is 31.0 Å². The molecule has 1 aliphatic heterocycles. The molecule has 2 N–H and O–H groups in total. The van der Waals surface area contributed by atoms with Crippen LogP contribution in [-0.2, 0) is 10.6 Å². The molecule has 1 saturated heterocycles. The summed E-state index contributed by atoms with van der Waals surface area (Å²) >= 11 is 3.17. The van der Waals surface area contributed by atoms with Crippen LogP contribution in [0.1, 0.15) is 52.3 Å². The van der Waals surface area contributed by atoms with Crippen molar-refractivity contribution in [3.63, 3.8) is 0 Å². The van der Waals surface area contributed by atoms with Crippen LogP contribution < -0.4 is 9.64 Å². The second kappa shape index (κ2) is 10.8. The van der Waals surface area contributed by atoms with E-state index in [9.17, 15) is 0 Å². The third-order valence-corrected chi connectivity index (χ3v) is 6.65. The molecule has 3 heterocycles.